The van der Waals surface area contributed by atoms with Gasteiger partial charge in [-0.1, -0.05) is 0 Å². The third-order valence-electron chi connectivity index (χ3n) is 1.26. The van der Waals surface area contributed by atoms with Gasteiger partial charge in [0.05, 0.1) is 0 Å². The van der Waals surface area contributed by atoms with Crippen molar-refractivity contribution in [2.45, 2.75) is 39.2 Å². The normalized spacial score (nSPS) is 12.9. The summed E-state index contributed by atoms with van der Waals surface area (Å²) >= 11 is 0.302. The van der Waals surface area contributed by atoms with Crippen molar-refractivity contribution >= 4 is 0 Å². The number of unbranched alkanes of at least 4 members (excludes halogenated alkanes) is 1. The van der Waals surface area contributed by atoms with Gasteiger partial charge < -0.3 is 0 Å². The molecular formula is C6H13O2Zr2. The molecule has 0 aromatic rings. The van der Waals surface area contributed by atoms with Gasteiger partial charge in [-0.3, -0.25) is 0 Å². The van der Waals surface area contributed by atoms with Gasteiger partial charge in [0.1, 0.15) is 0 Å². The van der Waals surface area contributed by atoms with Gasteiger partial charge in [-0.2, -0.15) is 0 Å². The summed E-state index contributed by atoms with van der Waals surface area (Å²) in [5.41, 5.74) is 0. The molecule has 0 heterocycles. The van der Waals surface area contributed by atoms with Crippen LogP contribution in [0.15, 0.2) is 0 Å². The standard InChI is InChI=1S/C6H13O.O.2Zr/c1-3-4-5-6(2)7;;;/h6H,3-5H2,1-2H3;;;/q-1;;;+1. The molecule has 0 aliphatic rings. The van der Waals surface area contributed by atoms with Crippen LogP contribution >= 0.6 is 0 Å². The van der Waals surface area contributed by atoms with Crippen molar-refractivity contribution in [1.82, 2.24) is 0 Å². The van der Waals surface area contributed by atoms with Gasteiger partial charge in [0.15, 0.2) is 0 Å². The Morgan fingerprint density at radius 3 is 2.80 bits per heavy atom. The monoisotopic (exact) mass is 297 g/mol. The summed E-state index contributed by atoms with van der Waals surface area (Å²) in [5.74, 6) is 0. The molecule has 0 N–H and O–H groups in total. The van der Waals surface area contributed by atoms with Gasteiger partial charge in [-0.05, 0) is 0 Å². The van der Waals surface area contributed by atoms with Gasteiger partial charge in [0, 0.05) is 0 Å². The van der Waals surface area contributed by atoms with Crippen LogP contribution in [0, 0.1) is 0 Å². The molecule has 57 valence electrons. The quantitative estimate of drug-likeness (QED) is 0.746. The van der Waals surface area contributed by atoms with Crippen LogP contribution in [0.1, 0.15) is 33.1 Å². The fourth-order valence-corrected chi connectivity index (χ4v) is 2.17. The van der Waals surface area contributed by atoms with Crippen LogP contribution in [0.3, 0.4) is 0 Å². The van der Waals surface area contributed by atoms with E-state index in [1.165, 1.54) is 19.3 Å². The third kappa shape index (κ3) is 7.79. The summed E-state index contributed by atoms with van der Waals surface area (Å²) < 4.78 is 10.5. The second-order valence-corrected chi connectivity index (χ2v) is 6.72. The fourth-order valence-electron chi connectivity index (χ4n) is 0.657. The molecule has 0 saturated carbocycles. The van der Waals surface area contributed by atoms with E-state index in [1.54, 1.807) is 0 Å². The maximum atomic E-state index is 5.46. The predicted octanol–water partition coefficient (Wildman–Crippen LogP) is 1.97. The van der Waals surface area contributed by atoms with E-state index in [4.69, 9.17) is 3.70 Å². The van der Waals surface area contributed by atoms with Crippen molar-refractivity contribution < 1.29 is 53.0 Å². The molecule has 2 nitrogen and oxygen atoms in total. The van der Waals surface area contributed by atoms with E-state index in [0.29, 0.717) is 6.10 Å². The molecule has 1 atom stereocenters. The third-order valence-corrected chi connectivity index (χ3v) is 3.90. The first kappa shape index (κ1) is 11.7. The predicted molar refractivity (Wildman–Crippen MR) is 31.2 cm³/mol. The van der Waals surface area contributed by atoms with Gasteiger partial charge in [0.2, 0.25) is 0 Å². The van der Waals surface area contributed by atoms with E-state index in [2.05, 4.69) is 13.8 Å². The second kappa shape index (κ2) is 8.78. The molecule has 0 rings (SSSR count). The van der Waals surface area contributed by atoms with Crippen LogP contribution in [0.5, 0.6) is 0 Å². The molecule has 0 radical (unpaired) electrons. The van der Waals surface area contributed by atoms with Crippen LogP contribution < -0.4 is 0 Å². The molecule has 0 spiro atoms. The first-order valence-electron chi connectivity index (χ1n) is 3.54. The summed E-state index contributed by atoms with van der Waals surface area (Å²) in [5, 5.41) is 0. The molecule has 0 aliphatic carbocycles. The van der Waals surface area contributed by atoms with Gasteiger partial charge in [0.25, 0.3) is 0 Å². The molecule has 0 aromatic heterocycles. The Bertz CT molecular complexity index is 62.8. The van der Waals surface area contributed by atoms with Crippen molar-refractivity contribution in [3.63, 3.8) is 0 Å². The fraction of sp³-hybridized carbons (Fsp3) is 1.00. The number of hydrogen-bond donors (Lipinski definition) is 0. The molecule has 0 fully saturated rings. The Balaban J connectivity index is 3.00. The molecule has 1 unspecified atom stereocenters. The summed E-state index contributed by atoms with van der Waals surface area (Å²) in [6.45, 7) is 4.33. The number of rotatable bonds is 6. The van der Waals surface area contributed by atoms with E-state index in [9.17, 15) is 0 Å². The van der Waals surface area contributed by atoms with Crippen LogP contribution in [0.25, 0.3) is 0 Å². The molecule has 0 saturated heterocycles. The zero-order chi connectivity index (χ0) is 7.82. The summed E-state index contributed by atoms with van der Waals surface area (Å²) in [4.78, 5) is 0. The van der Waals surface area contributed by atoms with E-state index in [0.717, 1.165) is 25.2 Å². The molecule has 4 heteroatoms. The summed E-state index contributed by atoms with van der Waals surface area (Å²) in [6, 6.07) is 0. The second-order valence-electron chi connectivity index (χ2n) is 2.26. The molecule has 0 amide bonds. The average molecular weight is 300 g/mol. The zero-order valence-corrected chi connectivity index (χ0v) is 11.4. The van der Waals surface area contributed by atoms with E-state index < -0.39 is 24.1 Å². The minimum absolute atomic E-state index is 0.437. The topological polar surface area (TPSA) is 18.5 Å². The Hall–Kier alpha value is 1.69. The first-order chi connectivity index (χ1) is 4.81. The van der Waals surface area contributed by atoms with Crippen LogP contribution in [-0.4, -0.2) is 6.10 Å². The van der Waals surface area contributed by atoms with Gasteiger partial charge >= 0.3 is 92.2 Å². The van der Waals surface area contributed by atoms with Gasteiger partial charge in [-0.15, -0.1) is 0 Å². The van der Waals surface area contributed by atoms with E-state index in [1.807, 2.05) is 0 Å². The summed E-state index contributed by atoms with van der Waals surface area (Å²) in [6.07, 6.45) is 4.17. The molecular weight excluding hydrogens is 287 g/mol. The molecule has 10 heavy (non-hydrogen) atoms. The Kier molecular flexibility index (Phi) is 10.3. The zero-order valence-electron chi connectivity index (χ0n) is 6.52. The molecule has 0 aliphatic heterocycles. The van der Waals surface area contributed by atoms with Crippen molar-refractivity contribution in [3.8, 4) is 0 Å². The van der Waals surface area contributed by atoms with Crippen LogP contribution in [0.4, 0.5) is 0 Å². The Morgan fingerprint density at radius 1 is 1.60 bits per heavy atom. The van der Waals surface area contributed by atoms with Crippen molar-refractivity contribution in [2.75, 3.05) is 0 Å². The molecule has 0 bridgehead atoms. The minimum atomic E-state index is -0.855. The van der Waals surface area contributed by atoms with E-state index in [-0.39, 0.29) is 0 Å². The van der Waals surface area contributed by atoms with Crippen LogP contribution in [0.2, 0.25) is 0 Å². The Morgan fingerprint density at radius 2 is 2.30 bits per heavy atom. The summed E-state index contributed by atoms with van der Waals surface area (Å²) in [7, 11) is 0. The average Bonchev–Trinajstić information content (AvgIpc) is 1.97. The van der Waals surface area contributed by atoms with Crippen molar-refractivity contribution in [3.05, 3.63) is 0 Å². The van der Waals surface area contributed by atoms with Crippen LogP contribution in [-0.2, 0) is 53.0 Å². The Labute approximate surface area is 91.3 Å². The maximum absolute atomic E-state index is 5.46. The number of hydrogen-bond acceptors (Lipinski definition) is 2. The van der Waals surface area contributed by atoms with Crippen molar-refractivity contribution in [2.24, 2.45) is 0 Å². The molecule has 0 aromatic carbocycles. The first-order valence-corrected chi connectivity index (χ1v) is 6.55. The SMILES string of the molecule is CCCCC(C)[O][Zr][O][Zr]. The van der Waals surface area contributed by atoms with E-state index >= 15 is 0 Å². The van der Waals surface area contributed by atoms with Gasteiger partial charge in [-0.25, -0.2) is 0 Å². The van der Waals surface area contributed by atoms with Crippen molar-refractivity contribution in [1.29, 1.82) is 0 Å².